The summed E-state index contributed by atoms with van der Waals surface area (Å²) >= 11 is 0. The number of aryl methyl sites for hydroxylation is 1. The lowest BCUT2D eigenvalue weighted by atomic mass is 10.1. The van der Waals surface area contributed by atoms with Gasteiger partial charge in [0.2, 0.25) is 5.43 Å². The number of ether oxygens (including phenoxy) is 1. The van der Waals surface area contributed by atoms with Gasteiger partial charge in [0.05, 0.1) is 17.5 Å². The van der Waals surface area contributed by atoms with Crippen LogP contribution in [0, 0.1) is 24.4 Å². The van der Waals surface area contributed by atoms with E-state index in [1.165, 1.54) is 0 Å². The molecule has 1 N–H and O–H groups in total. The van der Waals surface area contributed by atoms with Crippen LogP contribution in [0.5, 0.6) is 0 Å². The van der Waals surface area contributed by atoms with E-state index in [-0.39, 0.29) is 12.2 Å². The Labute approximate surface area is 111 Å². The van der Waals surface area contributed by atoms with Gasteiger partial charge in [0.25, 0.3) is 0 Å². The summed E-state index contributed by atoms with van der Waals surface area (Å²) in [5, 5.41) is -0.410. The summed E-state index contributed by atoms with van der Waals surface area (Å²) in [5.74, 6) is -5.55. The van der Waals surface area contributed by atoms with Gasteiger partial charge < -0.3 is 9.72 Å². The van der Waals surface area contributed by atoms with Crippen molar-refractivity contribution in [2.45, 2.75) is 13.8 Å². The van der Waals surface area contributed by atoms with Crippen molar-refractivity contribution in [1.29, 1.82) is 0 Å². The van der Waals surface area contributed by atoms with Crippen LogP contribution in [0.25, 0.3) is 10.9 Å². The first-order valence-electron chi connectivity index (χ1n) is 5.75. The predicted octanol–water partition coefficient (Wildman–Crippen LogP) is 2.43. The third-order valence-corrected chi connectivity index (χ3v) is 2.89. The molecule has 0 aliphatic heterocycles. The number of fused-ring (bicyclic) bond motifs is 1. The lowest BCUT2D eigenvalue weighted by molar-refractivity contribution is 0.0524. The lowest BCUT2D eigenvalue weighted by Gasteiger charge is -2.08. The molecule has 0 atom stereocenters. The molecule has 7 heteroatoms. The van der Waals surface area contributed by atoms with E-state index in [9.17, 15) is 22.8 Å². The molecule has 0 radical (unpaired) electrons. The Morgan fingerprint density at radius 2 is 1.90 bits per heavy atom. The van der Waals surface area contributed by atoms with Gasteiger partial charge >= 0.3 is 5.97 Å². The first-order chi connectivity index (χ1) is 9.40. The number of aromatic nitrogens is 1. The number of H-pyrrole nitrogens is 1. The molecule has 0 saturated carbocycles. The van der Waals surface area contributed by atoms with Gasteiger partial charge in [-0.2, -0.15) is 0 Å². The molecule has 1 aromatic heterocycles. The van der Waals surface area contributed by atoms with Gasteiger partial charge in [-0.3, -0.25) is 4.79 Å². The van der Waals surface area contributed by atoms with E-state index in [0.717, 1.165) is 13.1 Å². The van der Waals surface area contributed by atoms with E-state index in [1.54, 1.807) is 6.92 Å². The van der Waals surface area contributed by atoms with Gasteiger partial charge in [-0.1, -0.05) is 0 Å². The molecule has 4 nitrogen and oxygen atoms in total. The number of hydrogen-bond donors (Lipinski definition) is 1. The highest BCUT2D eigenvalue weighted by Gasteiger charge is 2.23. The van der Waals surface area contributed by atoms with E-state index in [4.69, 9.17) is 0 Å². The molecule has 0 spiro atoms. The fourth-order valence-corrected chi connectivity index (χ4v) is 1.90. The minimum atomic E-state index is -1.67. The fraction of sp³-hybridized carbons (Fsp3) is 0.231. The Kier molecular flexibility index (Phi) is 3.52. The first kappa shape index (κ1) is 14.1. The number of pyridine rings is 1. The lowest BCUT2D eigenvalue weighted by Crippen LogP contribution is -2.20. The molecule has 20 heavy (non-hydrogen) atoms. The Morgan fingerprint density at radius 3 is 2.50 bits per heavy atom. The van der Waals surface area contributed by atoms with Crippen molar-refractivity contribution >= 4 is 16.9 Å². The highest BCUT2D eigenvalue weighted by atomic mass is 19.2. The molecule has 0 fully saturated rings. The minimum Gasteiger partial charge on any atom is -0.462 e. The smallest absolute Gasteiger partial charge is 0.343 e. The zero-order chi connectivity index (χ0) is 15.0. The van der Waals surface area contributed by atoms with Crippen molar-refractivity contribution in [3.05, 3.63) is 45.0 Å². The van der Waals surface area contributed by atoms with Crippen LogP contribution in [0.15, 0.2) is 11.0 Å². The molecule has 1 heterocycles. The number of carbonyl (C=O) groups excluding carboxylic acids is 1. The average molecular weight is 285 g/mol. The van der Waals surface area contributed by atoms with Crippen molar-refractivity contribution in [2.75, 3.05) is 6.61 Å². The van der Waals surface area contributed by atoms with Crippen LogP contribution in [0.1, 0.15) is 22.8 Å². The normalized spacial score (nSPS) is 10.8. The zero-order valence-electron chi connectivity index (χ0n) is 10.6. The zero-order valence-corrected chi connectivity index (χ0v) is 10.6. The first-order valence-corrected chi connectivity index (χ1v) is 5.75. The van der Waals surface area contributed by atoms with Crippen molar-refractivity contribution < 1.29 is 22.7 Å². The second-order valence-electron chi connectivity index (χ2n) is 4.07. The third-order valence-electron chi connectivity index (χ3n) is 2.89. The topological polar surface area (TPSA) is 59.2 Å². The molecule has 2 aromatic rings. The maximum Gasteiger partial charge on any atom is 0.343 e. The number of rotatable bonds is 2. The number of carbonyl (C=O) groups is 1. The van der Waals surface area contributed by atoms with Crippen LogP contribution >= 0.6 is 0 Å². The van der Waals surface area contributed by atoms with Crippen LogP contribution in [0.3, 0.4) is 0 Å². The number of nitrogens with one attached hydrogen (secondary N) is 1. The Morgan fingerprint density at radius 1 is 1.25 bits per heavy atom. The van der Waals surface area contributed by atoms with E-state index in [2.05, 4.69) is 9.72 Å². The Bertz CT molecular complexity index is 768. The third kappa shape index (κ3) is 1.95. The number of halogens is 3. The molecular formula is C13H10F3NO3. The predicted molar refractivity (Wildman–Crippen MR) is 65.1 cm³/mol. The molecule has 106 valence electrons. The molecule has 1 aromatic carbocycles. The molecular weight excluding hydrogens is 275 g/mol. The van der Waals surface area contributed by atoms with Crippen molar-refractivity contribution in [1.82, 2.24) is 4.98 Å². The Hall–Kier alpha value is -2.31. The fourth-order valence-electron chi connectivity index (χ4n) is 1.90. The molecule has 0 aliphatic rings. The van der Waals surface area contributed by atoms with Gasteiger partial charge in [-0.05, 0) is 13.8 Å². The monoisotopic (exact) mass is 285 g/mol. The molecule has 0 amide bonds. The van der Waals surface area contributed by atoms with Gasteiger partial charge in [0.1, 0.15) is 5.56 Å². The summed E-state index contributed by atoms with van der Waals surface area (Å²) in [6.45, 7) is 2.72. The molecule has 2 rings (SSSR count). The molecule has 0 unspecified atom stereocenters. The van der Waals surface area contributed by atoms with E-state index < -0.39 is 45.3 Å². The number of benzene rings is 1. The van der Waals surface area contributed by atoms with Crippen molar-refractivity contribution in [3.8, 4) is 0 Å². The van der Waals surface area contributed by atoms with Crippen LogP contribution in [0.2, 0.25) is 0 Å². The van der Waals surface area contributed by atoms with Gasteiger partial charge in [-0.15, -0.1) is 0 Å². The second kappa shape index (κ2) is 4.99. The molecule has 0 bridgehead atoms. The van der Waals surface area contributed by atoms with Crippen LogP contribution in [0.4, 0.5) is 13.2 Å². The summed E-state index contributed by atoms with van der Waals surface area (Å²) in [5.41, 5.74) is -2.16. The van der Waals surface area contributed by atoms with Crippen LogP contribution in [-0.4, -0.2) is 17.6 Å². The summed E-state index contributed by atoms with van der Waals surface area (Å²) < 4.78 is 45.0. The SMILES string of the molecule is CCOC(=O)c1c[nH]c2c(F)c(F)c(F)c(C)c2c1=O. The van der Waals surface area contributed by atoms with Crippen molar-refractivity contribution in [3.63, 3.8) is 0 Å². The van der Waals surface area contributed by atoms with Gasteiger partial charge in [-0.25, -0.2) is 18.0 Å². The van der Waals surface area contributed by atoms with E-state index in [0.29, 0.717) is 0 Å². The standard InChI is InChI=1S/C13H10F3NO3/c1-3-20-13(19)6-4-17-11-7(12(6)18)5(2)8(14)9(15)10(11)16/h4H,3H2,1-2H3,(H,17,18). The van der Waals surface area contributed by atoms with E-state index >= 15 is 0 Å². The number of esters is 1. The maximum absolute atomic E-state index is 13.6. The summed E-state index contributed by atoms with van der Waals surface area (Å²) in [6.07, 6.45) is 0.919. The van der Waals surface area contributed by atoms with Crippen molar-refractivity contribution in [2.24, 2.45) is 0 Å². The van der Waals surface area contributed by atoms with Gasteiger partial charge in [0, 0.05) is 11.8 Å². The summed E-state index contributed by atoms with van der Waals surface area (Å²) in [7, 11) is 0. The highest BCUT2D eigenvalue weighted by Crippen LogP contribution is 2.23. The van der Waals surface area contributed by atoms with E-state index in [1.807, 2.05) is 0 Å². The molecule has 0 saturated heterocycles. The number of hydrogen-bond acceptors (Lipinski definition) is 3. The minimum absolute atomic E-state index is 0.0431. The average Bonchev–Trinajstić information content (AvgIpc) is 2.42. The number of aromatic amines is 1. The van der Waals surface area contributed by atoms with Crippen LogP contribution in [-0.2, 0) is 4.74 Å². The van der Waals surface area contributed by atoms with Gasteiger partial charge in [0.15, 0.2) is 17.5 Å². The largest absolute Gasteiger partial charge is 0.462 e. The highest BCUT2D eigenvalue weighted by molar-refractivity contribution is 5.94. The molecule has 0 aliphatic carbocycles. The maximum atomic E-state index is 13.6. The quantitative estimate of drug-likeness (QED) is 0.681. The second-order valence-corrected chi connectivity index (χ2v) is 4.07. The van der Waals surface area contributed by atoms with Crippen LogP contribution < -0.4 is 5.43 Å². The summed E-state index contributed by atoms with van der Waals surface area (Å²) in [6, 6.07) is 0. The Balaban J connectivity index is 2.87. The summed E-state index contributed by atoms with van der Waals surface area (Å²) in [4.78, 5) is 26.0.